The predicted molar refractivity (Wildman–Crippen MR) is 67.9 cm³/mol. The summed E-state index contributed by atoms with van der Waals surface area (Å²) in [6.07, 6.45) is 1.55. The molecule has 0 N–H and O–H groups in total. The fraction of sp³-hybridized carbons (Fsp3) is 0.538. The third-order valence-corrected chi connectivity index (χ3v) is 3.16. The van der Waals surface area contributed by atoms with Gasteiger partial charge < -0.3 is 14.4 Å². The summed E-state index contributed by atoms with van der Waals surface area (Å²) in [6, 6.07) is 2.13. The number of ether oxygens (including phenoxy) is 2. The Kier molecular flexibility index (Phi) is 3.81. The van der Waals surface area contributed by atoms with Crippen LogP contribution in [0.2, 0.25) is 0 Å². The normalized spacial score (nSPS) is 19.7. The van der Waals surface area contributed by atoms with E-state index in [1.807, 2.05) is 13.0 Å². The summed E-state index contributed by atoms with van der Waals surface area (Å²) < 4.78 is 10.1. The third-order valence-electron chi connectivity index (χ3n) is 3.16. The molecule has 0 saturated carbocycles. The number of aryl methyl sites for hydroxylation is 1. The van der Waals surface area contributed by atoms with Crippen LogP contribution in [0.5, 0.6) is 0 Å². The van der Waals surface area contributed by atoms with E-state index in [4.69, 9.17) is 9.47 Å². The molecule has 1 aromatic rings. The average molecular weight is 250 g/mol. The maximum Gasteiger partial charge on any atom is 0.339 e. The van der Waals surface area contributed by atoms with Gasteiger partial charge in [-0.15, -0.1) is 0 Å². The first-order valence-electron chi connectivity index (χ1n) is 6.03. The summed E-state index contributed by atoms with van der Waals surface area (Å²) in [5, 5.41) is 0. The van der Waals surface area contributed by atoms with E-state index in [0.717, 1.165) is 17.9 Å². The average Bonchev–Trinajstić information content (AvgIpc) is 2.39. The number of hydrogen-bond acceptors (Lipinski definition) is 5. The van der Waals surface area contributed by atoms with E-state index >= 15 is 0 Å². The van der Waals surface area contributed by atoms with Crippen molar-refractivity contribution < 1.29 is 14.3 Å². The summed E-state index contributed by atoms with van der Waals surface area (Å²) in [6.45, 7) is 6.25. The highest BCUT2D eigenvalue weighted by Crippen LogP contribution is 2.23. The van der Waals surface area contributed by atoms with Crippen LogP contribution in [0.25, 0.3) is 0 Å². The van der Waals surface area contributed by atoms with Gasteiger partial charge in [-0.1, -0.05) is 0 Å². The van der Waals surface area contributed by atoms with Crippen molar-refractivity contribution in [2.75, 3.05) is 31.8 Å². The number of anilines is 1. The number of hydrogen-bond donors (Lipinski definition) is 0. The van der Waals surface area contributed by atoms with Gasteiger partial charge in [-0.2, -0.15) is 0 Å². The molecule has 1 aliphatic heterocycles. The standard InChI is InChI=1S/C13H18N2O3/c1-9-8-18-5-4-15(9)12-6-11(13(16)17-3)7-14-10(12)2/h6-7,9H,4-5,8H2,1-3H3/t9-/m0/s1. The first kappa shape index (κ1) is 12.8. The topological polar surface area (TPSA) is 51.7 Å². The molecule has 2 heterocycles. The smallest absolute Gasteiger partial charge is 0.339 e. The summed E-state index contributed by atoms with van der Waals surface area (Å²) in [5.41, 5.74) is 2.38. The van der Waals surface area contributed by atoms with Gasteiger partial charge in [0.1, 0.15) is 0 Å². The highest BCUT2D eigenvalue weighted by Gasteiger charge is 2.22. The number of aromatic nitrogens is 1. The van der Waals surface area contributed by atoms with E-state index < -0.39 is 0 Å². The molecule has 0 bridgehead atoms. The number of esters is 1. The molecular weight excluding hydrogens is 232 g/mol. The number of methoxy groups -OCH3 is 1. The molecule has 0 unspecified atom stereocenters. The summed E-state index contributed by atoms with van der Waals surface area (Å²) in [5.74, 6) is -0.357. The van der Waals surface area contributed by atoms with Crippen LogP contribution >= 0.6 is 0 Å². The second-order valence-corrected chi connectivity index (χ2v) is 4.44. The van der Waals surface area contributed by atoms with Gasteiger partial charge in [0.2, 0.25) is 0 Å². The maximum absolute atomic E-state index is 11.5. The molecule has 98 valence electrons. The lowest BCUT2D eigenvalue weighted by Crippen LogP contribution is -2.44. The molecule has 1 atom stereocenters. The van der Waals surface area contributed by atoms with Crippen molar-refractivity contribution in [2.45, 2.75) is 19.9 Å². The van der Waals surface area contributed by atoms with Gasteiger partial charge in [0.15, 0.2) is 0 Å². The number of rotatable bonds is 2. The Morgan fingerprint density at radius 1 is 1.61 bits per heavy atom. The third kappa shape index (κ3) is 2.46. The minimum atomic E-state index is -0.357. The molecule has 1 aliphatic rings. The van der Waals surface area contributed by atoms with Gasteiger partial charge in [0.05, 0.1) is 37.3 Å². The van der Waals surface area contributed by atoms with Gasteiger partial charge in [0.25, 0.3) is 0 Å². The highest BCUT2D eigenvalue weighted by molar-refractivity contribution is 5.90. The SMILES string of the molecule is COC(=O)c1cnc(C)c(N2CCOC[C@@H]2C)c1. The monoisotopic (exact) mass is 250 g/mol. The van der Waals surface area contributed by atoms with Crippen LogP contribution in [-0.4, -0.2) is 43.9 Å². The molecule has 0 amide bonds. The van der Waals surface area contributed by atoms with Crippen LogP contribution in [-0.2, 0) is 9.47 Å². The minimum Gasteiger partial charge on any atom is -0.465 e. The fourth-order valence-electron chi connectivity index (χ4n) is 2.13. The van der Waals surface area contributed by atoms with Crippen molar-refractivity contribution in [1.82, 2.24) is 4.98 Å². The Morgan fingerprint density at radius 2 is 2.39 bits per heavy atom. The number of carbonyl (C=O) groups excluding carboxylic acids is 1. The molecule has 1 saturated heterocycles. The molecule has 0 radical (unpaired) electrons. The quantitative estimate of drug-likeness (QED) is 0.743. The highest BCUT2D eigenvalue weighted by atomic mass is 16.5. The predicted octanol–water partition coefficient (Wildman–Crippen LogP) is 1.40. The Hall–Kier alpha value is -1.62. The number of nitrogens with zero attached hydrogens (tertiary/aromatic N) is 2. The van der Waals surface area contributed by atoms with Crippen molar-refractivity contribution in [1.29, 1.82) is 0 Å². The molecule has 5 heteroatoms. The molecule has 1 aromatic heterocycles. The van der Waals surface area contributed by atoms with Crippen LogP contribution in [0.4, 0.5) is 5.69 Å². The van der Waals surface area contributed by atoms with Gasteiger partial charge in [0, 0.05) is 18.8 Å². The van der Waals surface area contributed by atoms with E-state index in [-0.39, 0.29) is 12.0 Å². The van der Waals surface area contributed by atoms with Gasteiger partial charge in [-0.05, 0) is 19.9 Å². The summed E-state index contributed by atoms with van der Waals surface area (Å²) in [4.78, 5) is 18.0. The van der Waals surface area contributed by atoms with Gasteiger partial charge in [-0.25, -0.2) is 4.79 Å². The molecule has 2 rings (SSSR count). The van der Waals surface area contributed by atoms with Gasteiger partial charge >= 0.3 is 5.97 Å². The lowest BCUT2D eigenvalue weighted by molar-refractivity contribution is 0.0600. The summed E-state index contributed by atoms with van der Waals surface area (Å²) >= 11 is 0. The number of pyridine rings is 1. The van der Waals surface area contributed by atoms with E-state index in [1.54, 1.807) is 6.20 Å². The number of carbonyl (C=O) groups is 1. The van der Waals surface area contributed by atoms with E-state index in [1.165, 1.54) is 7.11 Å². The van der Waals surface area contributed by atoms with Crippen molar-refractivity contribution in [3.8, 4) is 0 Å². The zero-order valence-electron chi connectivity index (χ0n) is 11.0. The van der Waals surface area contributed by atoms with Crippen LogP contribution < -0.4 is 4.90 Å². The second-order valence-electron chi connectivity index (χ2n) is 4.44. The minimum absolute atomic E-state index is 0.284. The molecule has 18 heavy (non-hydrogen) atoms. The van der Waals surface area contributed by atoms with Crippen LogP contribution in [0.1, 0.15) is 23.0 Å². The van der Waals surface area contributed by atoms with E-state index in [2.05, 4.69) is 16.8 Å². The summed E-state index contributed by atoms with van der Waals surface area (Å²) in [7, 11) is 1.37. The second kappa shape index (κ2) is 5.35. The zero-order valence-corrected chi connectivity index (χ0v) is 11.0. The molecular formula is C13H18N2O3. The maximum atomic E-state index is 11.5. The molecule has 5 nitrogen and oxygen atoms in total. The Morgan fingerprint density at radius 3 is 3.06 bits per heavy atom. The zero-order chi connectivity index (χ0) is 13.1. The molecule has 0 aromatic carbocycles. The fourth-order valence-corrected chi connectivity index (χ4v) is 2.13. The van der Waals surface area contributed by atoms with Crippen LogP contribution in [0.3, 0.4) is 0 Å². The van der Waals surface area contributed by atoms with E-state index in [0.29, 0.717) is 18.8 Å². The molecule has 0 spiro atoms. The lowest BCUT2D eigenvalue weighted by Gasteiger charge is -2.35. The first-order chi connectivity index (χ1) is 8.63. The lowest BCUT2D eigenvalue weighted by atomic mass is 10.1. The Labute approximate surface area is 107 Å². The van der Waals surface area contributed by atoms with Crippen molar-refractivity contribution in [2.24, 2.45) is 0 Å². The first-order valence-corrected chi connectivity index (χ1v) is 6.03. The van der Waals surface area contributed by atoms with Crippen molar-refractivity contribution >= 4 is 11.7 Å². The van der Waals surface area contributed by atoms with Crippen LogP contribution in [0.15, 0.2) is 12.3 Å². The van der Waals surface area contributed by atoms with Crippen molar-refractivity contribution in [3.05, 3.63) is 23.5 Å². The Bertz CT molecular complexity index is 448. The Balaban J connectivity index is 2.33. The van der Waals surface area contributed by atoms with Crippen molar-refractivity contribution in [3.63, 3.8) is 0 Å². The molecule has 0 aliphatic carbocycles. The van der Waals surface area contributed by atoms with E-state index in [9.17, 15) is 4.79 Å². The van der Waals surface area contributed by atoms with Crippen LogP contribution in [0, 0.1) is 6.92 Å². The molecule has 1 fully saturated rings. The van der Waals surface area contributed by atoms with Gasteiger partial charge in [-0.3, -0.25) is 4.98 Å². The largest absolute Gasteiger partial charge is 0.465 e. The number of morpholine rings is 1.